The fourth-order valence-corrected chi connectivity index (χ4v) is 4.96. The first-order valence-corrected chi connectivity index (χ1v) is 9.93. The van der Waals surface area contributed by atoms with E-state index in [0.717, 1.165) is 30.8 Å². The quantitative estimate of drug-likeness (QED) is 0.636. The van der Waals surface area contributed by atoms with Gasteiger partial charge in [-0.05, 0) is 56.0 Å². The molecular formula is C21H20FN5O2. The Morgan fingerprint density at radius 2 is 2.21 bits per heavy atom. The first-order chi connectivity index (χ1) is 14.1. The van der Waals surface area contributed by atoms with Gasteiger partial charge in [-0.1, -0.05) is 0 Å². The van der Waals surface area contributed by atoms with Crippen LogP contribution in [0, 0.1) is 11.7 Å². The SMILES string of the molecule is C[C@H]1CNC(=O)c2cnc3ccc(nn23)N2CCC3CC32c2cc(F)ccc2O1. The van der Waals surface area contributed by atoms with Gasteiger partial charge in [0.25, 0.3) is 5.91 Å². The van der Waals surface area contributed by atoms with Crippen molar-refractivity contribution >= 4 is 17.4 Å². The van der Waals surface area contributed by atoms with Crippen LogP contribution < -0.4 is 15.0 Å². The maximum absolute atomic E-state index is 14.3. The largest absolute Gasteiger partial charge is 0.489 e. The topological polar surface area (TPSA) is 71.8 Å². The monoisotopic (exact) mass is 393 g/mol. The van der Waals surface area contributed by atoms with Crippen molar-refractivity contribution in [3.63, 3.8) is 0 Å². The van der Waals surface area contributed by atoms with E-state index < -0.39 is 0 Å². The number of imidazole rings is 1. The van der Waals surface area contributed by atoms with E-state index in [2.05, 4.69) is 15.2 Å². The van der Waals surface area contributed by atoms with Crippen molar-refractivity contribution in [1.29, 1.82) is 0 Å². The van der Waals surface area contributed by atoms with Crippen molar-refractivity contribution in [2.75, 3.05) is 18.0 Å². The maximum Gasteiger partial charge on any atom is 0.271 e. The molecule has 3 aromatic rings. The lowest BCUT2D eigenvalue weighted by atomic mass is 10.0. The number of hydrogen-bond donors (Lipinski definition) is 1. The number of fused-ring (bicyclic) bond motifs is 3. The number of halogens is 1. The molecule has 6 rings (SSSR count). The summed E-state index contributed by atoms with van der Waals surface area (Å²) in [6.07, 6.45) is 3.22. The van der Waals surface area contributed by atoms with Gasteiger partial charge >= 0.3 is 0 Å². The smallest absolute Gasteiger partial charge is 0.271 e. The first kappa shape index (κ1) is 16.8. The zero-order valence-corrected chi connectivity index (χ0v) is 15.9. The predicted molar refractivity (Wildman–Crippen MR) is 104 cm³/mol. The highest BCUT2D eigenvalue weighted by Gasteiger charge is 2.64. The van der Waals surface area contributed by atoms with Crippen LogP contribution in [0.3, 0.4) is 0 Å². The molecule has 2 bridgehead atoms. The Kier molecular flexibility index (Phi) is 3.29. The summed E-state index contributed by atoms with van der Waals surface area (Å²) in [5.74, 6) is 1.34. The van der Waals surface area contributed by atoms with Crippen molar-refractivity contribution in [1.82, 2.24) is 19.9 Å². The number of nitrogens with zero attached hydrogens (tertiary/aromatic N) is 4. The molecule has 0 radical (unpaired) electrons. The Morgan fingerprint density at radius 1 is 1.31 bits per heavy atom. The van der Waals surface area contributed by atoms with Gasteiger partial charge in [0.1, 0.15) is 23.5 Å². The molecule has 8 heteroatoms. The van der Waals surface area contributed by atoms with Crippen LogP contribution in [0.25, 0.3) is 5.65 Å². The molecule has 1 saturated heterocycles. The summed E-state index contributed by atoms with van der Waals surface area (Å²) in [5, 5.41) is 7.63. The van der Waals surface area contributed by atoms with Crippen LogP contribution in [-0.2, 0) is 5.54 Å². The second kappa shape index (κ2) is 5.68. The summed E-state index contributed by atoms with van der Waals surface area (Å²) < 4.78 is 22.0. The molecule has 29 heavy (non-hydrogen) atoms. The van der Waals surface area contributed by atoms with E-state index in [1.165, 1.54) is 12.3 Å². The predicted octanol–water partition coefficient (Wildman–Crippen LogP) is 2.50. The van der Waals surface area contributed by atoms with E-state index in [9.17, 15) is 9.18 Å². The van der Waals surface area contributed by atoms with Crippen LogP contribution >= 0.6 is 0 Å². The molecule has 1 saturated carbocycles. The minimum Gasteiger partial charge on any atom is -0.489 e. The summed E-state index contributed by atoms with van der Waals surface area (Å²) in [7, 11) is 0. The Labute approximate surface area is 166 Å². The third kappa shape index (κ3) is 2.31. The van der Waals surface area contributed by atoms with Crippen LogP contribution in [0.15, 0.2) is 36.5 Å². The van der Waals surface area contributed by atoms with Crippen LogP contribution in [0.1, 0.15) is 35.8 Å². The summed E-state index contributed by atoms with van der Waals surface area (Å²) in [5.41, 5.74) is 1.55. The average Bonchev–Trinajstić information content (AvgIpc) is 3.10. The van der Waals surface area contributed by atoms with Gasteiger partial charge in [-0.2, -0.15) is 0 Å². The number of carbonyl (C=O) groups excluding carboxylic acids is 1. The molecule has 1 aliphatic carbocycles. The van der Waals surface area contributed by atoms with Gasteiger partial charge in [0.05, 0.1) is 18.3 Å². The number of benzene rings is 1. The number of piperidine rings is 1. The van der Waals surface area contributed by atoms with Gasteiger partial charge in [-0.25, -0.2) is 13.9 Å². The molecule has 4 heterocycles. The Hall–Kier alpha value is -3.16. The molecule has 2 aliphatic heterocycles. The zero-order chi connectivity index (χ0) is 19.8. The van der Waals surface area contributed by atoms with Gasteiger partial charge in [-0.3, -0.25) is 4.79 Å². The van der Waals surface area contributed by atoms with Crippen LogP contribution in [0.2, 0.25) is 0 Å². The number of amides is 1. The molecule has 1 N–H and O–H groups in total. The van der Waals surface area contributed by atoms with Gasteiger partial charge in [0, 0.05) is 12.1 Å². The molecule has 2 aromatic heterocycles. The number of ether oxygens (including phenoxy) is 1. The fourth-order valence-electron chi connectivity index (χ4n) is 4.96. The van der Waals surface area contributed by atoms with Gasteiger partial charge in [0.15, 0.2) is 11.3 Å². The molecule has 1 aromatic carbocycles. The standard InChI is InChI=1S/C21H20FN5O2/c1-12-10-24-20(28)16-11-23-18-4-5-19(25-27(16)18)26-7-6-13-9-21(13,26)15-8-14(22)2-3-17(15)29-12/h2-5,8,11-13H,6-7,9-10H2,1H3,(H,24,28)/t12-,13?,21?/m0/s1. The second-order valence-corrected chi connectivity index (χ2v) is 8.15. The van der Waals surface area contributed by atoms with Crippen molar-refractivity contribution in [2.24, 2.45) is 5.92 Å². The maximum atomic E-state index is 14.3. The molecule has 1 amide bonds. The molecule has 3 aliphatic rings. The number of rotatable bonds is 0. The normalized spacial score (nSPS) is 27.8. The minimum absolute atomic E-state index is 0.253. The molecular weight excluding hydrogens is 373 g/mol. The Morgan fingerprint density at radius 3 is 3.07 bits per heavy atom. The highest BCUT2D eigenvalue weighted by atomic mass is 19.1. The van der Waals surface area contributed by atoms with E-state index in [0.29, 0.717) is 29.6 Å². The molecule has 2 fully saturated rings. The molecule has 2 unspecified atom stereocenters. The number of anilines is 1. The third-order valence-electron chi connectivity index (χ3n) is 6.40. The van der Waals surface area contributed by atoms with Gasteiger partial charge in [0.2, 0.25) is 0 Å². The van der Waals surface area contributed by atoms with Gasteiger partial charge < -0.3 is 15.0 Å². The number of carbonyl (C=O) groups is 1. The Balaban J connectivity index is 1.58. The molecule has 3 atom stereocenters. The first-order valence-electron chi connectivity index (χ1n) is 9.93. The summed E-state index contributed by atoms with van der Waals surface area (Å²) in [4.78, 5) is 19.2. The van der Waals surface area contributed by atoms with E-state index in [-0.39, 0.29) is 23.4 Å². The number of aromatic nitrogens is 3. The third-order valence-corrected chi connectivity index (χ3v) is 6.40. The van der Waals surface area contributed by atoms with E-state index in [1.807, 2.05) is 19.1 Å². The highest BCUT2D eigenvalue weighted by molar-refractivity contribution is 5.93. The lowest BCUT2D eigenvalue weighted by Gasteiger charge is -2.31. The summed E-state index contributed by atoms with van der Waals surface area (Å²) in [6.45, 7) is 3.04. The fraction of sp³-hybridized carbons (Fsp3) is 0.381. The molecule has 1 spiro atoms. The van der Waals surface area contributed by atoms with Crippen LogP contribution in [-0.4, -0.2) is 39.7 Å². The van der Waals surface area contributed by atoms with Gasteiger partial charge in [-0.15, -0.1) is 5.10 Å². The van der Waals surface area contributed by atoms with Crippen molar-refractivity contribution in [2.45, 2.75) is 31.4 Å². The van der Waals surface area contributed by atoms with Crippen molar-refractivity contribution in [3.05, 3.63) is 53.6 Å². The highest BCUT2D eigenvalue weighted by Crippen LogP contribution is 2.64. The lowest BCUT2D eigenvalue weighted by molar-refractivity contribution is 0.0925. The van der Waals surface area contributed by atoms with Crippen molar-refractivity contribution < 1.29 is 13.9 Å². The van der Waals surface area contributed by atoms with Crippen LogP contribution in [0.5, 0.6) is 5.75 Å². The average molecular weight is 393 g/mol. The van der Waals surface area contributed by atoms with Crippen molar-refractivity contribution in [3.8, 4) is 5.75 Å². The molecule has 148 valence electrons. The Bertz CT molecular complexity index is 1160. The van der Waals surface area contributed by atoms with E-state index >= 15 is 0 Å². The van der Waals surface area contributed by atoms with Crippen LogP contribution in [0.4, 0.5) is 10.2 Å². The summed E-state index contributed by atoms with van der Waals surface area (Å²) >= 11 is 0. The minimum atomic E-state index is -0.315. The van der Waals surface area contributed by atoms with E-state index in [4.69, 9.17) is 9.84 Å². The number of nitrogens with one attached hydrogen (secondary N) is 1. The second-order valence-electron chi connectivity index (χ2n) is 8.15. The zero-order valence-electron chi connectivity index (χ0n) is 15.9. The lowest BCUT2D eigenvalue weighted by Crippen LogP contribution is -2.35. The molecule has 7 nitrogen and oxygen atoms in total. The van der Waals surface area contributed by atoms with E-state index in [1.54, 1.807) is 16.6 Å². The number of hydrogen-bond acceptors (Lipinski definition) is 5. The summed E-state index contributed by atoms with van der Waals surface area (Å²) in [6, 6.07) is 8.52.